The molecule has 1 unspecified atom stereocenters. The highest BCUT2D eigenvalue weighted by atomic mass is 16.3. The van der Waals surface area contributed by atoms with Crippen LogP contribution in [0.25, 0.3) is 0 Å². The fourth-order valence-corrected chi connectivity index (χ4v) is 0.948. The molecule has 1 aliphatic rings. The average molecular weight is 168 g/mol. The van der Waals surface area contributed by atoms with Crippen LogP contribution < -0.4 is 0 Å². The van der Waals surface area contributed by atoms with Crippen molar-refractivity contribution in [1.82, 2.24) is 0 Å². The zero-order valence-corrected chi connectivity index (χ0v) is 6.23. The summed E-state index contributed by atoms with van der Waals surface area (Å²) in [4.78, 5) is 20.5. The summed E-state index contributed by atoms with van der Waals surface area (Å²) in [6.45, 7) is 0. The van der Waals surface area contributed by atoms with Gasteiger partial charge < -0.3 is 10.2 Å². The molecule has 0 saturated heterocycles. The topological polar surface area (TPSA) is 74.6 Å². The van der Waals surface area contributed by atoms with E-state index in [-0.39, 0.29) is 17.8 Å². The van der Waals surface area contributed by atoms with Crippen LogP contribution in [0.3, 0.4) is 0 Å². The van der Waals surface area contributed by atoms with Crippen molar-refractivity contribution in [2.75, 3.05) is 0 Å². The molecule has 1 atom stereocenters. The third-order valence-electron chi connectivity index (χ3n) is 1.66. The summed E-state index contributed by atoms with van der Waals surface area (Å²) in [6.07, 6.45) is 3.09. The van der Waals surface area contributed by atoms with Crippen molar-refractivity contribution in [1.29, 1.82) is 0 Å². The molecule has 0 heterocycles. The van der Waals surface area contributed by atoms with E-state index >= 15 is 0 Å². The van der Waals surface area contributed by atoms with Gasteiger partial charge in [0.1, 0.15) is 11.4 Å². The molecular weight excluding hydrogens is 160 g/mol. The largest absolute Gasteiger partial charge is 0.507 e. The van der Waals surface area contributed by atoms with Crippen LogP contribution in [0.4, 0.5) is 0 Å². The van der Waals surface area contributed by atoms with Gasteiger partial charge in [0.2, 0.25) is 0 Å². The van der Waals surface area contributed by atoms with E-state index in [1.54, 1.807) is 0 Å². The van der Waals surface area contributed by atoms with Crippen LogP contribution in [0.1, 0.15) is 6.42 Å². The normalized spacial score (nSPS) is 28.8. The van der Waals surface area contributed by atoms with Gasteiger partial charge in [-0.05, 0) is 6.08 Å². The Bertz CT molecular complexity index is 277. The van der Waals surface area contributed by atoms with Crippen LogP contribution in [0, 0.1) is 0 Å². The van der Waals surface area contributed by atoms with Gasteiger partial charge in [-0.25, -0.2) is 0 Å². The smallest absolute Gasteiger partial charge is 0.155 e. The SMILES string of the molecule is O=CC1=CCC(O)(C=O)C=C1O. The van der Waals surface area contributed by atoms with Crippen LogP contribution in [0.5, 0.6) is 0 Å². The van der Waals surface area contributed by atoms with Crippen molar-refractivity contribution in [3.63, 3.8) is 0 Å². The Hall–Kier alpha value is -1.42. The predicted molar refractivity (Wildman–Crippen MR) is 40.5 cm³/mol. The number of allylic oxidation sites excluding steroid dienone is 1. The molecule has 1 rings (SSSR count). The molecule has 0 aromatic carbocycles. The van der Waals surface area contributed by atoms with Gasteiger partial charge in [-0.3, -0.25) is 9.59 Å². The summed E-state index contributed by atoms with van der Waals surface area (Å²) in [5.41, 5.74) is -1.56. The second-order valence-electron chi connectivity index (χ2n) is 2.62. The Morgan fingerprint density at radius 2 is 2.17 bits per heavy atom. The van der Waals surface area contributed by atoms with E-state index in [1.807, 2.05) is 0 Å². The monoisotopic (exact) mass is 168 g/mol. The fourth-order valence-electron chi connectivity index (χ4n) is 0.948. The third-order valence-corrected chi connectivity index (χ3v) is 1.66. The molecule has 1 aliphatic carbocycles. The number of aliphatic hydroxyl groups is 2. The second kappa shape index (κ2) is 2.91. The van der Waals surface area contributed by atoms with Crippen molar-refractivity contribution < 1.29 is 19.8 Å². The van der Waals surface area contributed by atoms with Gasteiger partial charge in [0, 0.05) is 6.42 Å². The second-order valence-corrected chi connectivity index (χ2v) is 2.62. The van der Waals surface area contributed by atoms with E-state index in [0.717, 1.165) is 6.08 Å². The van der Waals surface area contributed by atoms with E-state index in [0.29, 0.717) is 12.6 Å². The molecule has 0 bridgehead atoms. The summed E-state index contributed by atoms with van der Waals surface area (Å²) in [5, 5.41) is 18.4. The van der Waals surface area contributed by atoms with E-state index in [4.69, 9.17) is 5.11 Å². The summed E-state index contributed by atoms with van der Waals surface area (Å²) in [6, 6.07) is 0. The molecular formula is C8H8O4. The highest BCUT2D eigenvalue weighted by Gasteiger charge is 2.27. The van der Waals surface area contributed by atoms with E-state index in [2.05, 4.69) is 0 Å². The van der Waals surface area contributed by atoms with Crippen molar-refractivity contribution in [2.24, 2.45) is 0 Å². The first-order valence-electron chi connectivity index (χ1n) is 3.37. The number of hydrogen-bond donors (Lipinski definition) is 2. The lowest BCUT2D eigenvalue weighted by Gasteiger charge is -2.19. The van der Waals surface area contributed by atoms with Gasteiger partial charge in [0.05, 0.1) is 5.57 Å². The highest BCUT2D eigenvalue weighted by molar-refractivity contribution is 5.81. The minimum absolute atomic E-state index is 0.0225. The molecule has 4 heteroatoms. The number of carbonyl (C=O) groups is 2. The predicted octanol–water partition coefficient (Wildman–Crippen LogP) is -0.113. The molecule has 4 nitrogen and oxygen atoms in total. The third kappa shape index (κ3) is 1.43. The number of aliphatic hydroxyl groups excluding tert-OH is 1. The molecule has 0 aliphatic heterocycles. The number of hydrogen-bond acceptors (Lipinski definition) is 4. The van der Waals surface area contributed by atoms with Gasteiger partial charge in [0.25, 0.3) is 0 Å². The standard InChI is InChI=1S/C8H8O4/c9-4-6-1-2-8(12,5-10)3-7(6)11/h1,3-5,11-12H,2H2. The van der Waals surface area contributed by atoms with Gasteiger partial charge in [0.15, 0.2) is 12.6 Å². The summed E-state index contributed by atoms with van der Waals surface area (Å²) < 4.78 is 0. The van der Waals surface area contributed by atoms with Gasteiger partial charge >= 0.3 is 0 Å². The van der Waals surface area contributed by atoms with E-state index in [9.17, 15) is 14.7 Å². The van der Waals surface area contributed by atoms with Crippen molar-refractivity contribution >= 4 is 12.6 Å². The lowest BCUT2D eigenvalue weighted by molar-refractivity contribution is -0.120. The molecule has 0 aromatic heterocycles. The molecule has 0 radical (unpaired) electrons. The Labute approximate surface area is 68.8 Å². The van der Waals surface area contributed by atoms with Gasteiger partial charge in [-0.1, -0.05) is 6.08 Å². The maximum absolute atomic E-state index is 10.3. The Morgan fingerprint density at radius 3 is 2.58 bits per heavy atom. The number of aldehydes is 2. The maximum atomic E-state index is 10.3. The average Bonchev–Trinajstić information content (AvgIpc) is 2.05. The molecule has 0 spiro atoms. The zero-order chi connectivity index (χ0) is 9.19. The quantitative estimate of drug-likeness (QED) is 0.564. The van der Waals surface area contributed by atoms with E-state index < -0.39 is 5.60 Å². The summed E-state index contributed by atoms with van der Waals surface area (Å²) >= 11 is 0. The van der Waals surface area contributed by atoms with E-state index in [1.165, 1.54) is 6.08 Å². The number of carbonyl (C=O) groups excluding carboxylic acids is 2. The molecule has 0 amide bonds. The van der Waals surface area contributed by atoms with Crippen LogP contribution in [-0.4, -0.2) is 28.4 Å². The van der Waals surface area contributed by atoms with Gasteiger partial charge in [-0.2, -0.15) is 0 Å². The van der Waals surface area contributed by atoms with Gasteiger partial charge in [-0.15, -0.1) is 0 Å². The molecule has 12 heavy (non-hydrogen) atoms. The first-order valence-corrected chi connectivity index (χ1v) is 3.37. The van der Waals surface area contributed by atoms with Crippen LogP contribution in [0.2, 0.25) is 0 Å². The number of rotatable bonds is 2. The Kier molecular flexibility index (Phi) is 2.10. The van der Waals surface area contributed by atoms with Crippen LogP contribution >= 0.6 is 0 Å². The molecule has 64 valence electrons. The zero-order valence-electron chi connectivity index (χ0n) is 6.23. The lowest BCUT2D eigenvalue weighted by Crippen LogP contribution is -2.30. The summed E-state index contributed by atoms with van der Waals surface area (Å²) in [7, 11) is 0. The van der Waals surface area contributed by atoms with Crippen LogP contribution in [0.15, 0.2) is 23.5 Å². The Balaban J connectivity index is 2.96. The molecule has 2 N–H and O–H groups in total. The first kappa shape index (κ1) is 8.67. The molecule has 0 saturated carbocycles. The fraction of sp³-hybridized carbons (Fsp3) is 0.250. The minimum Gasteiger partial charge on any atom is -0.507 e. The maximum Gasteiger partial charge on any atom is 0.155 e. The molecule has 0 aromatic rings. The van der Waals surface area contributed by atoms with Crippen molar-refractivity contribution in [3.05, 3.63) is 23.5 Å². The molecule has 0 fully saturated rings. The summed E-state index contributed by atoms with van der Waals surface area (Å²) in [5.74, 6) is -0.356. The first-order chi connectivity index (χ1) is 5.61. The Morgan fingerprint density at radius 1 is 1.50 bits per heavy atom. The minimum atomic E-state index is -1.66. The van der Waals surface area contributed by atoms with Crippen LogP contribution in [-0.2, 0) is 9.59 Å². The lowest BCUT2D eigenvalue weighted by atomic mass is 9.93. The van der Waals surface area contributed by atoms with Crippen molar-refractivity contribution in [3.8, 4) is 0 Å². The highest BCUT2D eigenvalue weighted by Crippen LogP contribution is 2.21. The van der Waals surface area contributed by atoms with Crippen molar-refractivity contribution in [2.45, 2.75) is 12.0 Å².